The summed E-state index contributed by atoms with van der Waals surface area (Å²) in [5.74, 6) is -4.26. The summed E-state index contributed by atoms with van der Waals surface area (Å²) in [6.07, 6.45) is 0.212. The number of likely N-dealkylation sites (tertiary alicyclic amines) is 1. The van der Waals surface area contributed by atoms with Gasteiger partial charge in [0.2, 0.25) is 10.7 Å². The molecule has 1 aliphatic heterocycles. The van der Waals surface area contributed by atoms with E-state index in [1.807, 2.05) is 0 Å². The summed E-state index contributed by atoms with van der Waals surface area (Å²) < 4.78 is 13.9. The molecule has 2 atom stereocenters. The Kier molecular flexibility index (Phi) is 10.7. The second-order valence-electron chi connectivity index (χ2n) is 10.2. The first-order valence-electron chi connectivity index (χ1n) is 13.9. The standard InChI is InChI=1S/C31H29N3O11S/c1-3-25-27(32(28(25)36)17-26(35)43-2)31(46-24-7-5-4-6-8-24,29(37)44-18-20-9-13-22(14-10-20)33(39)40)30(38)45-19-21-11-15-23(16-12-21)34(41)42/h4-16,25,27H,3,17-19H2,1-2H3/t25-,27+/m1/s1. The molecule has 0 aliphatic carbocycles. The van der Waals surface area contributed by atoms with Gasteiger partial charge in [-0.15, -0.1) is 0 Å². The van der Waals surface area contributed by atoms with Crippen molar-refractivity contribution in [1.82, 2.24) is 4.90 Å². The van der Waals surface area contributed by atoms with E-state index < -0.39 is 56.9 Å². The summed E-state index contributed by atoms with van der Waals surface area (Å²) in [7, 11) is 1.14. The molecular formula is C31H29N3O11S. The maximum atomic E-state index is 14.3. The number of nitro groups is 2. The minimum absolute atomic E-state index is 0.170. The smallest absolute Gasteiger partial charge is 0.336 e. The summed E-state index contributed by atoms with van der Waals surface area (Å²) >= 11 is 0.805. The Bertz CT molecular complexity index is 1540. The lowest BCUT2D eigenvalue weighted by atomic mass is 9.76. The van der Waals surface area contributed by atoms with E-state index in [1.165, 1.54) is 48.5 Å². The largest absolute Gasteiger partial charge is 0.468 e. The topological polar surface area (TPSA) is 185 Å². The van der Waals surface area contributed by atoms with Gasteiger partial charge < -0.3 is 19.1 Å². The molecule has 15 heteroatoms. The first kappa shape index (κ1) is 33.6. The molecule has 0 N–H and O–H groups in total. The number of β-lactam (4-membered cyclic amide) rings is 1. The fourth-order valence-electron chi connectivity index (χ4n) is 4.98. The average Bonchev–Trinajstić information content (AvgIpc) is 3.07. The Hall–Kier alpha value is -5.31. The summed E-state index contributed by atoms with van der Waals surface area (Å²) in [5, 5.41) is 22.1. The van der Waals surface area contributed by atoms with Crippen LogP contribution in [0.1, 0.15) is 24.5 Å². The van der Waals surface area contributed by atoms with Gasteiger partial charge >= 0.3 is 17.9 Å². The van der Waals surface area contributed by atoms with Crippen LogP contribution in [0.2, 0.25) is 0 Å². The number of esters is 3. The Morgan fingerprint density at radius 2 is 1.30 bits per heavy atom. The van der Waals surface area contributed by atoms with E-state index in [2.05, 4.69) is 0 Å². The first-order chi connectivity index (χ1) is 22.0. The van der Waals surface area contributed by atoms with Crippen molar-refractivity contribution in [1.29, 1.82) is 0 Å². The molecule has 14 nitrogen and oxygen atoms in total. The van der Waals surface area contributed by atoms with Crippen molar-refractivity contribution >= 4 is 47.0 Å². The molecule has 3 aromatic carbocycles. The molecule has 4 rings (SSSR count). The van der Waals surface area contributed by atoms with E-state index in [9.17, 15) is 39.4 Å². The Labute approximate surface area is 266 Å². The second kappa shape index (κ2) is 14.6. The highest BCUT2D eigenvalue weighted by atomic mass is 32.2. The number of nitrogens with zero attached hydrogens (tertiary/aromatic N) is 3. The van der Waals surface area contributed by atoms with E-state index in [1.54, 1.807) is 37.3 Å². The third-order valence-corrected chi connectivity index (χ3v) is 8.77. The fourth-order valence-corrected chi connectivity index (χ4v) is 6.35. The Balaban J connectivity index is 1.76. The Morgan fingerprint density at radius 1 is 0.826 bits per heavy atom. The van der Waals surface area contributed by atoms with Crippen molar-refractivity contribution in [3.05, 3.63) is 110 Å². The van der Waals surface area contributed by atoms with Crippen LogP contribution >= 0.6 is 11.8 Å². The van der Waals surface area contributed by atoms with Gasteiger partial charge in [0.15, 0.2) is 0 Å². The van der Waals surface area contributed by atoms with Crippen LogP contribution < -0.4 is 0 Å². The number of thioether (sulfide) groups is 1. The number of carbonyl (C=O) groups is 4. The molecule has 46 heavy (non-hydrogen) atoms. The van der Waals surface area contributed by atoms with Gasteiger partial charge in [0.25, 0.3) is 11.4 Å². The predicted octanol–water partition coefficient (Wildman–Crippen LogP) is 4.23. The number of rotatable bonds is 14. The van der Waals surface area contributed by atoms with E-state index in [0.29, 0.717) is 16.0 Å². The third kappa shape index (κ3) is 7.15. The number of hydrogen-bond donors (Lipinski definition) is 0. The minimum atomic E-state index is -2.26. The van der Waals surface area contributed by atoms with E-state index in [-0.39, 0.29) is 31.0 Å². The van der Waals surface area contributed by atoms with Crippen LogP contribution in [0.15, 0.2) is 83.8 Å². The molecule has 0 radical (unpaired) electrons. The number of carbonyl (C=O) groups excluding carboxylic acids is 4. The maximum absolute atomic E-state index is 14.3. The molecule has 240 valence electrons. The zero-order valence-electron chi connectivity index (χ0n) is 24.7. The predicted molar refractivity (Wildman–Crippen MR) is 162 cm³/mol. The molecule has 1 heterocycles. The quantitative estimate of drug-likeness (QED) is 0.0460. The van der Waals surface area contributed by atoms with Crippen LogP contribution in [0.3, 0.4) is 0 Å². The lowest BCUT2D eigenvalue weighted by molar-refractivity contribution is -0.385. The summed E-state index contributed by atoms with van der Waals surface area (Å²) in [5.41, 5.74) is 0.437. The highest BCUT2D eigenvalue weighted by molar-refractivity contribution is 8.02. The lowest BCUT2D eigenvalue weighted by Crippen LogP contribution is -2.74. The Morgan fingerprint density at radius 3 is 1.72 bits per heavy atom. The molecule has 0 aromatic heterocycles. The monoisotopic (exact) mass is 651 g/mol. The molecule has 0 spiro atoms. The van der Waals surface area contributed by atoms with Gasteiger partial charge in [-0.25, -0.2) is 9.59 Å². The summed E-state index contributed by atoms with van der Waals surface area (Å²) in [6.45, 7) is 0.405. The van der Waals surface area contributed by atoms with Crippen LogP contribution in [0.5, 0.6) is 0 Å². The molecule has 1 aliphatic rings. The van der Waals surface area contributed by atoms with Gasteiger partial charge in [0.1, 0.15) is 19.8 Å². The van der Waals surface area contributed by atoms with Gasteiger partial charge in [-0.3, -0.25) is 29.8 Å². The molecular weight excluding hydrogens is 622 g/mol. The molecule has 0 saturated carbocycles. The van der Waals surface area contributed by atoms with E-state index >= 15 is 0 Å². The SMILES string of the molecule is CC[C@H]1C(=O)N(CC(=O)OC)[C@@H]1C(Sc1ccccc1)(C(=O)OCc1ccc([N+](=O)[O-])cc1)C(=O)OCc1ccc([N+](=O)[O-])cc1. The number of non-ortho nitro benzene ring substituents is 2. The van der Waals surface area contributed by atoms with Gasteiger partial charge in [0.05, 0.1) is 28.9 Å². The van der Waals surface area contributed by atoms with Crippen LogP contribution in [0.4, 0.5) is 11.4 Å². The number of ether oxygens (including phenoxy) is 3. The van der Waals surface area contributed by atoms with Crippen LogP contribution in [0.25, 0.3) is 0 Å². The molecule has 1 saturated heterocycles. The van der Waals surface area contributed by atoms with Crippen molar-refractivity contribution in [2.24, 2.45) is 5.92 Å². The number of amides is 1. The molecule has 3 aromatic rings. The van der Waals surface area contributed by atoms with Crippen molar-refractivity contribution in [3.63, 3.8) is 0 Å². The number of hydrogen-bond acceptors (Lipinski definition) is 12. The number of nitro benzene ring substituents is 2. The van der Waals surface area contributed by atoms with Gasteiger partial charge in [-0.05, 0) is 53.9 Å². The van der Waals surface area contributed by atoms with E-state index in [0.717, 1.165) is 23.8 Å². The summed E-state index contributed by atoms with van der Waals surface area (Å²) in [4.78, 5) is 76.7. The van der Waals surface area contributed by atoms with Crippen LogP contribution in [-0.4, -0.2) is 63.0 Å². The zero-order valence-corrected chi connectivity index (χ0v) is 25.5. The molecule has 1 fully saturated rings. The van der Waals surface area contributed by atoms with E-state index in [4.69, 9.17) is 14.2 Å². The summed E-state index contributed by atoms with van der Waals surface area (Å²) in [6, 6.07) is 17.8. The second-order valence-corrected chi connectivity index (χ2v) is 11.5. The molecule has 0 bridgehead atoms. The number of methoxy groups -OCH3 is 1. The highest BCUT2D eigenvalue weighted by Gasteiger charge is 2.67. The average molecular weight is 652 g/mol. The van der Waals surface area contributed by atoms with Gasteiger partial charge in [-0.1, -0.05) is 36.9 Å². The van der Waals surface area contributed by atoms with Crippen molar-refractivity contribution in [2.75, 3.05) is 13.7 Å². The highest BCUT2D eigenvalue weighted by Crippen LogP contribution is 2.48. The first-order valence-corrected chi connectivity index (χ1v) is 14.8. The number of benzene rings is 3. The third-order valence-electron chi connectivity index (χ3n) is 7.36. The molecule has 0 unspecified atom stereocenters. The minimum Gasteiger partial charge on any atom is -0.468 e. The van der Waals surface area contributed by atoms with Gasteiger partial charge in [-0.2, -0.15) is 0 Å². The zero-order chi connectivity index (χ0) is 33.4. The van der Waals surface area contributed by atoms with Crippen molar-refractivity contribution in [2.45, 2.75) is 42.2 Å². The maximum Gasteiger partial charge on any atom is 0.336 e. The molecule has 1 amide bonds. The fraction of sp³-hybridized carbons (Fsp3) is 0.290. The normalized spacial score (nSPS) is 15.8. The van der Waals surface area contributed by atoms with Crippen molar-refractivity contribution in [3.8, 4) is 0 Å². The van der Waals surface area contributed by atoms with Crippen molar-refractivity contribution < 1.29 is 43.2 Å². The van der Waals surface area contributed by atoms with Crippen LogP contribution in [0, 0.1) is 26.1 Å². The van der Waals surface area contributed by atoms with Crippen LogP contribution in [-0.2, 0) is 46.6 Å². The van der Waals surface area contributed by atoms with Gasteiger partial charge in [0, 0.05) is 29.2 Å². The lowest BCUT2D eigenvalue weighted by Gasteiger charge is -2.52.